The minimum atomic E-state index is -0.406. The van der Waals surface area contributed by atoms with Crippen molar-refractivity contribution in [1.82, 2.24) is 0 Å². The Morgan fingerprint density at radius 3 is 2.64 bits per heavy atom. The molecular formula is C18H17NO3. The highest BCUT2D eigenvalue weighted by atomic mass is 16.5. The van der Waals surface area contributed by atoms with Crippen molar-refractivity contribution in [2.75, 3.05) is 12.8 Å². The maximum absolute atomic E-state index is 11.8. The Morgan fingerprint density at radius 1 is 1.14 bits per heavy atom. The van der Waals surface area contributed by atoms with Crippen LogP contribution < -0.4 is 5.73 Å². The summed E-state index contributed by atoms with van der Waals surface area (Å²) in [6, 6.07) is 11.2. The molecule has 0 radical (unpaired) electrons. The summed E-state index contributed by atoms with van der Waals surface area (Å²) in [6.07, 6.45) is 0. The van der Waals surface area contributed by atoms with E-state index in [0.717, 1.165) is 27.8 Å². The number of hydrogen-bond acceptors (Lipinski definition) is 4. The molecule has 0 unspecified atom stereocenters. The summed E-state index contributed by atoms with van der Waals surface area (Å²) in [4.78, 5) is 11.8. The molecule has 0 saturated heterocycles. The number of carbonyl (C=O) groups excluding carboxylic acids is 1. The molecule has 0 aliphatic carbocycles. The van der Waals surface area contributed by atoms with Crippen molar-refractivity contribution in [3.8, 4) is 11.3 Å². The zero-order valence-corrected chi connectivity index (χ0v) is 12.8. The molecule has 1 heterocycles. The molecule has 0 atom stereocenters. The number of fused-ring (bicyclic) bond motifs is 1. The van der Waals surface area contributed by atoms with Gasteiger partial charge in [0.05, 0.1) is 7.11 Å². The largest absolute Gasteiger partial charge is 0.465 e. The number of anilines is 1. The third-order valence-electron chi connectivity index (χ3n) is 4.04. The molecule has 0 fully saturated rings. The molecule has 2 aromatic carbocycles. The molecule has 4 heteroatoms. The first-order valence-electron chi connectivity index (χ1n) is 7.00. The van der Waals surface area contributed by atoms with Gasteiger partial charge in [-0.3, -0.25) is 0 Å². The van der Waals surface area contributed by atoms with Crippen LogP contribution in [-0.4, -0.2) is 13.1 Å². The topological polar surface area (TPSA) is 65.5 Å². The minimum absolute atomic E-state index is 0.406. The molecule has 112 valence electrons. The van der Waals surface area contributed by atoms with Crippen molar-refractivity contribution in [3.05, 3.63) is 53.1 Å². The van der Waals surface area contributed by atoms with Crippen LogP contribution in [-0.2, 0) is 4.74 Å². The van der Waals surface area contributed by atoms with Gasteiger partial charge in [-0.1, -0.05) is 12.1 Å². The van der Waals surface area contributed by atoms with Gasteiger partial charge in [-0.15, -0.1) is 0 Å². The molecule has 0 spiro atoms. The van der Waals surface area contributed by atoms with E-state index in [0.29, 0.717) is 16.9 Å². The van der Waals surface area contributed by atoms with Gasteiger partial charge in [-0.05, 0) is 49.2 Å². The van der Waals surface area contributed by atoms with Crippen LogP contribution in [0.1, 0.15) is 21.5 Å². The van der Waals surface area contributed by atoms with E-state index in [2.05, 4.69) is 0 Å². The van der Waals surface area contributed by atoms with E-state index in [1.165, 1.54) is 7.11 Å². The summed E-state index contributed by atoms with van der Waals surface area (Å²) in [6.45, 7) is 3.99. The number of para-hydroxylation sites is 1. The first-order valence-corrected chi connectivity index (χ1v) is 7.00. The maximum atomic E-state index is 11.8. The van der Waals surface area contributed by atoms with Crippen molar-refractivity contribution in [3.63, 3.8) is 0 Å². The second-order valence-electron chi connectivity index (χ2n) is 5.28. The van der Waals surface area contributed by atoms with Gasteiger partial charge < -0.3 is 14.9 Å². The molecular weight excluding hydrogens is 278 g/mol. The van der Waals surface area contributed by atoms with Crippen molar-refractivity contribution in [2.45, 2.75) is 13.8 Å². The van der Waals surface area contributed by atoms with Crippen molar-refractivity contribution >= 4 is 22.6 Å². The molecule has 1 aromatic heterocycles. The lowest BCUT2D eigenvalue weighted by atomic mass is 10.00. The summed E-state index contributed by atoms with van der Waals surface area (Å²) >= 11 is 0. The van der Waals surface area contributed by atoms with Gasteiger partial charge in [0.2, 0.25) is 0 Å². The van der Waals surface area contributed by atoms with E-state index in [1.807, 2.05) is 44.2 Å². The van der Waals surface area contributed by atoms with Crippen LogP contribution in [0.2, 0.25) is 0 Å². The maximum Gasteiger partial charge on any atom is 0.341 e. The smallest absolute Gasteiger partial charge is 0.341 e. The van der Waals surface area contributed by atoms with Gasteiger partial charge in [0.15, 0.2) is 0 Å². The first-order chi connectivity index (χ1) is 10.5. The van der Waals surface area contributed by atoms with Crippen LogP contribution in [0.4, 0.5) is 5.69 Å². The lowest BCUT2D eigenvalue weighted by Gasteiger charge is -2.08. The van der Waals surface area contributed by atoms with Gasteiger partial charge in [0.1, 0.15) is 16.9 Å². The van der Waals surface area contributed by atoms with Crippen LogP contribution >= 0.6 is 0 Å². The lowest BCUT2D eigenvalue weighted by molar-refractivity contribution is 0.0602. The third kappa shape index (κ3) is 2.13. The van der Waals surface area contributed by atoms with Crippen molar-refractivity contribution in [1.29, 1.82) is 0 Å². The van der Waals surface area contributed by atoms with Crippen LogP contribution in [0.5, 0.6) is 0 Å². The number of rotatable bonds is 2. The van der Waals surface area contributed by atoms with Crippen molar-refractivity contribution in [2.24, 2.45) is 0 Å². The average Bonchev–Trinajstić information content (AvgIpc) is 2.95. The molecule has 3 rings (SSSR count). The van der Waals surface area contributed by atoms with E-state index in [-0.39, 0.29) is 0 Å². The molecule has 0 amide bonds. The van der Waals surface area contributed by atoms with Gasteiger partial charge in [0, 0.05) is 16.6 Å². The predicted octanol–water partition coefficient (Wildman–Crippen LogP) is 4.09. The Hall–Kier alpha value is -2.75. The van der Waals surface area contributed by atoms with E-state index >= 15 is 0 Å². The summed E-state index contributed by atoms with van der Waals surface area (Å²) in [7, 11) is 1.36. The zero-order valence-electron chi connectivity index (χ0n) is 12.8. The number of esters is 1. The molecule has 0 aliphatic rings. The second-order valence-corrected chi connectivity index (χ2v) is 5.28. The minimum Gasteiger partial charge on any atom is -0.465 e. The Morgan fingerprint density at radius 2 is 1.91 bits per heavy atom. The number of nitrogens with two attached hydrogens (primary N) is 1. The Bertz CT molecular complexity index is 877. The SMILES string of the molecule is COC(=O)c1cccc2cc(-c3ccc(N)c(C)c3C)oc12. The third-order valence-corrected chi connectivity index (χ3v) is 4.04. The molecule has 0 bridgehead atoms. The number of ether oxygens (including phenoxy) is 1. The molecule has 0 aliphatic heterocycles. The average molecular weight is 295 g/mol. The first kappa shape index (κ1) is 14.2. The van der Waals surface area contributed by atoms with Crippen LogP contribution in [0.3, 0.4) is 0 Å². The lowest BCUT2D eigenvalue weighted by Crippen LogP contribution is -2.00. The number of methoxy groups -OCH3 is 1. The van der Waals surface area contributed by atoms with Gasteiger partial charge in [-0.25, -0.2) is 4.79 Å². The number of hydrogen-bond donors (Lipinski definition) is 1. The fourth-order valence-electron chi connectivity index (χ4n) is 2.58. The molecule has 3 aromatic rings. The molecule has 2 N–H and O–H groups in total. The summed E-state index contributed by atoms with van der Waals surface area (Å²) in [5.41, 5.74) is 10.7. The highest BCUT2D eigenvalue weighted by Crippen LogP contribution is 2.34. The monoisotopic (exact) mass is 295 g/mol. The predicted molar refractivity (Wildman–Crippen MR) is 86.9 cm³/mol. The number of carbonyl (C=O) groups is 1. The fraction of sp³-hybridized carbons (Fsp3) is 0.167. The summed E-state index contributed by atoms with van der Waals surface area (Å²) < 4.78 is 10.7. The highest BCUT2D eigenvalue weighted by Gasteiger charge is 2.16. The standard InChI is InChI=1S/C18H17NO3/c1-10-11(2)15(19)8-7-13(10)16-9-12-5-4-6-14(17(12)22-16)18(20)21-3/h4-9H,19H2,1-3H3. The fourth-order valence-corrected chi connectivity index (χ4v) is 2.58. The second kappa shape index (κ2) is 5.22. The molecule has 22 heavy (non-hydrogen) atoms. The zero-order chi connectivity index (χ0) is 15.9. The normalized spacial score (nSPS) is 10.9. The van der Waals surface area contributed by atoms with Crippen LogP contribution in [0.15, 0.2) is 40.8 Å². The highest BCUT2D eigenvalue weighted by molar-refractivity contribution is 6.03. The van der Waals surface area contributed by atoms with Crippen LogP contribution in [0.25, 0.3) is 22.3 Å². The van der Waals surface area contributed by atoms with E-state index < -0.39 is 5.97 Å². The number of nitrogen functional groups attached to an aromatic ring is 1. The number of furan rings is 1. The van der Waals surface area contributed by atoms with Gasteiger partial charge in [-0.2, -0.15) is 0 Å². The molecule has 0 saturated carbocycles. The quantitative estimate of drug-likeness (QED) is 0.571. The van der Waals surface area contributed by atoms with Crippen molar-refractivity contribution < 1.29 is 13.9 Å². The van der Waals surface area contributed by atoms with E-state index in [1.54, 1.807) is 6.07 Å². The Balaban J connectivity index is 2.22. The van der Waals surface area contributed by atoms with Crippen LogP contribution in [0, 0.1) is 13.8 Å². The Kier molecular flexibility index (Phi) is 3.37. The Labute approximate surface area is 128 Å². The van der Waals surface area contributed by atoms with Gasteiger partial charge >= 0.3 is 5.97 Å². The summed E-state index contributed by atoms with van der Waals surface area (Å²) in [5.74, 6) is 0.309. The summed E-state index contributed by atoms with van der Waals surface area (Å²) in [5, 5.41) is 0.867. The van der Waals surface area contributed by atoms with E-state index in [9.17, 15) is 4.79 Å². The van der Waals surface area contributed by atoms with E-state index in [4.69, 9.17) is 14.9 Å². The number of benzene rings is 2. The van der Waals surface area contributed by atoms with Gasteiger partial charge in [0.25, 0.3) is 0 Å². The molecule has 4 nitrogen and oxygen atoms in total.